The molecule has 5 nitrogen and oxygen atoms in total. The summed E-state index contributed by atoms with van der Waals surface area (Å²) in [6, 6.07) is 5.05. The maximum absolute atomic E-state index is 11.8. The monoisotopic (exact) mass is 323 g/mol. The predicted octanol–water partition coefficient (Wildman–Crippen LogP) is 1.11. The minimum absolute atomic E-state index is 0.0616. The van der Waals surface area contributed by atoms with E-state index in [2.05, 4.69) is 5.32 Å². The lowest BCUT2D eigenvalue weighted by Crippen LogP contribution is -2.36. The quantitative estimate of drug-likeness (QED) is 0.823. The van der Waals surface area contributed by atoms with Crippen LogP contribution in [-0.2, 0) is 19.9 Å². The minimum Gasteiger partial charge on any atom is -0.349 e. The van der Waals surface area contributed by atoms with Gasteiger partial charge < -0.3 is 5.32 Å². The Kier molecular flexibility index (Phi) is 5.51. The van der Waals surface area contributed by atoms with Crippen LogP contribution in [-0.4, -0.2) is 36.6 Å². The number of rotatable bonds is 5. The zero-order valence-electron chi connectivity index (χ0n) is 10.4. The fraction of sp³-hybridized carbons (Fsp3) is 0.364. The molecule has 0 spiro atoms. The van der Waals surface area contributed by atoms with E-state index in [4.69, 9.17) is 10.7 Å². The Labute approximate surface area is 119 Å². The Balaban J connectivity index is 2.76. The van der Waals surface area contributed by atoms with Gasteiger partial charge in [0.25, 0.3) is 15.0 Å². The van der Waals surface area contributed by atoms with E-state index in [1.54, 1.807) is 13.2 Å². The van der Waals surface area contributed by atoms with E-state index >= 15 is 0 Å². The molecule has 2 atom stereocenters. The van der Waals surface area contributed by atoms with E-state index < -0.39 is 19.9 Å². The summed E-state index contributed by atoms with van der Waals surface area (Å²) in [5.74, 6) is 0.0105. The van der Waals surface area contributed by atoms with Crippen LogP contribution >= 0.6 is 10.7 Å². The van der Waals surface area contributed by atoms with Gasteiger partial charge in [-0.05, 0) is 31.2 Å². The van der Waals surface area contributed by atoms with Gasteiger partial charge in [0.2, 0.25) is 0 Å². The van der Waals surface area contributed by atoms with Gasteiger partial charge in [-0.3, -0.25) is 9.00 Å². The van der Waals surface area contributed by atoms with Gasteiger partial charge in [-0.15, -0.1) is 0 Å². The van der Waals surface area contributed by atoms with Crippen molar-refractivity contribution in [2.45, 2.75) is 17.9 Å². The molecule has 0 aromatic heterocycles. The molecule has 0 saturated carbocycles. The number of amides is 1. The zero-order valence-corrected chi connectivity index (χ0v) is 12.8. The van der Waals surface area contributed by atoms with E-state index in [9.17, 15) is 17.4 Å². The second-order valence-corrected chi connectivity index (χ2v) is 8.12. The highest BCUT2D eigenvalue weighted by Gasteiger charge is 2.13. The molecule has 1 aromatic carbocycles. The fourth-order valence-electron chi connectivity index (χ4n) is 1.47. The van der Waals surface area contributed by atoms with Gasteiger partial charge in [-0.2, -0.15) is 0 Å². The van der Waals surface area contributed by atoms with Crippen molar-refractivity contribution in [3.63, 3.8) is 0 Å². The first-order valence-corrected chi connectivity index (χ1v) is 9.39. The maximum Gasteiger partial charge on any atom is 0.261 e. The summed E-state index contributed by atoms with van der Waals surface area (Å²) in [6.45, 7) is 1.75. The van der Waals surface area contributed by atoms with Gasteiger partial charge >= 0.3 is 0 Å². The molecule has 0 aliphatic heterocycles. The number of carbonyl (C=O) groups is 1. The van der Waals surface area contributed by atoms with Crippen molar-refractivity contribution >= 4 is 36.4 Å². The number of benzene rings is 1. The lowest BCUT2D eigenvalue weighted by molar-refractivity contribution is 0.0943. The molecule has 0 aliphatic rings. The van der Waals surface area contributed by atoms with E-state index in [0.717, 1.165) is 0 Å². The maximum atomic E-state index is 11.8. The Morgan fingerprint density at radius 1 is 1.37 bits per heavy atom. The average molecular weight is 324 g/mol. The molecule has 106 valence electrons. The molecular weight excluding hydrogens is 310 g/mol. The number of hydrogen-bond acceptors (Lipinski definition) is 4. The largest absolute Gasteiger partial charge is 0.349 e. The second kappa shape index (κ2) is 6.49. The van der Waals surface area contributed by atoms with Gasteiger partial charge in [0.15, 0.2) is 0 Å². The van der Waals surface area contributed by atoms with Gasteiger partial charge in [-0.1, -0.05) is 0 Å². The van der Waals surface area contributed by atoms with E-state index in [-0.39, 0.29) is 16.8 Å². The third kappa shape index (κ3) is 5.30. The normalized spacial score (nSPS) is 14.7. The molecular formula is C11H14ClNO4S2. The van der Waals surface area contributed by atoms with Gasteiger partial charge in [0.1, 0.15) is 0 Å². The molecule has 0 heterocycles. The SMILES string of the molecule is CC(CS(C)=O)NC(=O)c1ccc(S(=O)(=O)Cl)cc1. The average Bonchev–Trinajstić information content (AvgIpc) is 2.26. The zero-order chi connectivity index (χ0) is 14.6. The van der Waals surface area contributed by atoms with Crippen LogP contribution in [0.3, 0.4) is 0 Å². The predicted molar refractivity (Wildman–Crippen MR) is 75.3 cm³/mol. The first-order chi connectivity index (χ1) is 8.70. The van der Waals surface area contributed by atoms with E-state index in [1.165, 1.54) is 24.3 Å². The summed E-state index contributed by atoms with van der Waals surface area (Å²) >= 11 is 0. The van der Waals surface area contributed by atoms with Gasteiger partial charge in [0.05, 0.1) is 4.90 Å². The summed E-state index contributed by atoms with van der Waals surface area (Å²) in [5.41, 5.74) is 0.317. The van der Waals surface area contributed by atoms with Crippen LogP contribution in [0.25, 0.3) is 0 Å². The molecule has 1 amide bonds. The van der Waals surface area contributed by atoms with Crippen LogP contribution in [0.5, 0.6) is 0 Å². The molecule has 0 saturated heterocycles. The van der Waals surface area contributed by atoms with Crippen LogP contribution in [0.1, 0.15) is 17.3 Å². The molecule has 2 unspecified atom stereocenters. The molecule has 0 bridgehead atoms. The summed E-state index contributed by atoms with van der Waals surface area (Å²) in [6.07, 6.45) is 1.56. The molecule has 1 aromatic rings. The van der Waals surface area contributed by atoms with Crippen LogP contribution in [0.2, 0.25) is 0 Å². The number of nitrogens with one attached hydrogen (secondary N) is 1. The Bertz CT molecular complexity index is 583. The van der Waals surface area contributed by atoms with Crippen molar-refractivity contribution in [3.05, 3.63) is 29.8 Å². The highest BCUT2D eigenvalue weighted by molar-refractivity contribution is 8.13. The highest BCUT2D eigenvalue weighted by atomic mass is 35.7. The summed E-state index contributed by atoms with van der Waals surface area (Å²) in [5, 5.41) is 2.67. The Hall–Kier alpha value is -0.920. The molecule has 0 fully saturated rings. The Morgan fingerprint density at radius 2 is 1.89 bits per heavy atom. The lowest BCUT2D eigenvalue weighted by Gasteiger charge is -2.12. The summed E-state index contributed by atoms with van der Waals surface area (Å²) < 4.78 is 33.1. The van der Waals surface area contributed by atoms with E-state index in [1.807, 2.05) is 0 Å². The van der Waals surface area contributed by atoms with Crippen molar-refractivity contribution < 1.29 is 17.4 Å². The molecule has 1 N–H and O–H groups in total. The van der Waals surface area contributed by atoms with Crippen molar-refractivity contribution in [2.75, 3.05) is 12.0 Å². The van der Waals surface area contributed by atoms with Crippen LogP contribution in [0, 0.1) is 0 Å². The number of hydrogen-bond donors (Lipinski definition) is 1. The molecule has 8 heteroatoms. The van der Waals surface area contributed by atoms with Crippen LogP contribution in [0.15, 0.2) is 29.2 Å². The standard InChI is InChI=1S/C11H14ClNO4S2/c1-8(7-18(2)15)13-11(14)9-3-5-10(6-4-9)19(12,16)17/h3-6,8H,7H2,1-2H3,(H,13,14). The van der Waals surface area contributed by atoms with Crippen molar-refractivity contribution in [1.82, 2.24) is 5.32 Å². The highest BCUT2D eigenvalue weighted by Crippen LogP contribution is 2.15. The number of carbonyl (C=O) groups excluding carboxylic acids is 1. The topological polar surface area (TPSA) is 80.3 Å². The van der Waals surface area contributed by atoms with E-state index in [0.29, 0.717) is 11.3 Å². The van der Waals surface area contributed by atoms with Crippen molar-refractivity contribution in [2.24, 2.45) is 0 Å². The first-order valence-electron chi connectivity index (χ1n) is 5.36. The Morgan fingerprint density at radius 3 is 2.32 bits per heavy atom. The molecule has 0 radical (unpaired) electrons. The lowest BCUT2D eigenvalue weighted by atomic mass is 10.2. The van der Waals surface area contributed by atoms with Crippen molar-refractivity contribution in [1.29, 1.82) is 0 Å². The smallest absolute Gasteiger partial charge is 0.261 e. The van der Waals surface area contributed by atoms with Crippen molar-refractivity contribution in [3.8, 4) is 0 Å². The third-order valence-electron chi connectivity index (χ3n) is 2.26. The summed E-state index contributed by atoms with van der Waals surface area (Å²) in [7, 11) is 0.391. The number of halogens is 1. The van der Waals surface area contributed by atoms with Crippen LogP contribution < -0.4 is 5.32 Å². The minimum atomic E-state index is -3.78. The molecule has 0 aliphatic carbocycles. The fourth-order valence-corrected chi connectivity index (χ4v) is 3.03. The van der Waals surface area contributed by atoms with Gasteiger partial charge in [-0.25, -0.2) is 8.42 Å². The van der Waals surface area contributed by atoms with Crippen LogP contribution in [0.4, 0.5) is 0 Å². The first kappa shape index (κ1) is 16.1. The summed E-state index contributed by atoms with van der Waals surface area (Å²) in [4.78, 5) is 11.7. The third-order valence-corrected chi connectivity index (χ3v) is 4.60. The van der Waals surface area contributed by atoms with Gasteiger partial charge in [0, 0.05) is 45.1 Å². The molecule has 1 rings (SSSR count). The second-order valence-electron chi connectivity index (χ2n) is 4.08. The molecule has 19 heavy (non-hydrogen) atoms.